The van der Waals surface area contributed by atoms with Crippen LogP contribution in [-0.4, -0.2) is 4.98 Å². The van der Waals surface area contributed by atoms with Gasteiger partial charge >= 0.3 is 0 Å². The molecular formula is C17H22N2. The van der Waals surface area contributed by atoms with Crippen LogP contribution in [0.4, 0.5) is 5.69 Å². The van der Waals surface area contributed by atoms with Crippen LogP contribution in [0, 0.1) is 19.8 Å². The first kappa shape index (κ1) is 13.6. The van der Waals surface area contributed by atoms with Gasteiger partial charge in [0, 0.05) is 5.69 Å². The Hall–Kier alpha value is -1.83. The van der Waals surface area contributed by atoms with E-state index in [0.29, 0.717) is 12.0 Å². The van der Waals surface area contributed by atoms with Crippen LogP contribution >= 0.6 is 0 Å². The average molecular weight is 254 g/mol. The third-order valence-corrected chi connectivity index (χ3v) is 3.36. The SMILES string of the molecule is Cc1ccc(NC(c2ccccc2)C(C)C)c(C)n1. The van der Waals surface area contributed by atoms with Crippen molar-refractivity contribution >= 4 is 5.69 Å². The number of anilines is 1. The molecule has 1 unspecified atom stereocenters. The lowest BCUT2D eigenvalue weighted by Crippen LogP contribution is -2.17. The number of aromatic nitrogens is 1. The van der Waals surface area contributed by atoms with Crippen molar-refractivity contribution in [2.45, 2.75) is 33.7 Å². The fraction of sp³-hybridized carbons (Fsp3) is 0.353. The number of rotatable bonds is 4. The molecule has 1 aromatic heterocycles. The van der Waals surface area contributed by atoms with E-state index in [1.807, 2.05) is 6.92 Å². The first-order valence-electron chi connectivity index (χ1n) is 6.83. The summed E-state index contributed by atoms with van der Waals surface area (Å²) < 4.78 is 0. The predicted molar refractivity (Wildman–Crippen MR) is 81.4 cm³/mol. The Bertz CT molecular complexity index is 532. The molecule has 2 aromatic rings. The molecule has 0 amide bonds. The molecular weight excluding hydrogens is 232 g/mol. The Morgan fingerprint density at radius 2 is 1.63 bits per heavy atom. The normalized spacial score (nSPS) is 12.5. The molecule has 0 aliphatic rings. The summed E-state index contributed by atoms with van der Waals surface area (Å²) in [5.74, 6) is 0.517. The molecule has 1 N–H and O–H groups in total. The Morgan fingerprint density at radius 3 is 2.21 bits per heavy atom. The minimum absolute atomic E-state index is 0.310. The van der Waals surface area contributed by atoms with E-state index in [4.69, 9.17) is 0 Å². The molecule has 19 heavy (non-hydrogen) atoms. The zero-order valence-electron chi connectivity index (χ0n) is 12.1. The second-order valence-electron chi connectivity index (χ2n) is 5.36. The van der Waals surface area contributed by atoms with Crippen LogP contribution in [0.25, 0.3) is 0 Å². The van der Waals surface area contributed by atoms with E-state index < -0.39 is 0 Å². The Morgan fingerprint density at radius 1 is 0.947 bits per heavy atom. The van der Waals surface area contributed by atoms with Gasteiger partial charge in [0.2, 0.25) is 0 Å². The maximum Gasteiger partial charge on any atom is 0.0607 e. The summed E-state index contributed by atoms with van der Waals surface area (Å²) in [6.45, 7) is 8.55. The van der Waals surface area contributed by atoms with Crippen molar-refractivity contribution in [2.24, 2.45) is 5.92 Å². The van der Waals surface area contributed by atoms with Crippen molar-refractivity contribution in [2.75, 3.05) is 5.32 Å². The van der Waals surface area contributed by atoms with Crippen LogP contribution in [0.1, 0.15) is 36.8 Å². The van der Waals surface area contributed by atoms with Gasteiger partial charge in [0.15, 0.2) is 0 Å². The van der Waals surface area contributed by atoms with Gasteiger partial charge in [0.1, 0.15) is 0 Å². The Kier molecular flexibility index (Phi) is 4.20. The van der Waals surface area contributed by atoms with Gasteiger partial charge < -0.3 is 5.32 Å². The summed E-state index contributed by atoms with van der Waals surface area (Å²) in [5, 5.41) is 3.63. The van der Waals surface area contributed by atoms with Gasteiger partial charge in [-0.1, -0.05) is 44.2 Å². The highest BCUT2D eigenvalue weighted by atomic mass is 14.9. The van der Waals surface area contributed by atoms with Gasteiger partial charge in [-0.25, -0.2) is 0 Å². The van der Waals surface area contributed by atoms with E-state index in [1.54, 1.807) is 0 Å². The lowest BCUT2D eigenvalue weighted by Gasteiger charge is -2.25. The molecule has 2 rings (SSSR count). The molecule has 2 heteroatoms. The largest absolute Gasteiger partial charge is 0.377 e. The number of pyridine rings is 1. The Balaban J connectivity index is 2.27. The summed E-state index contributed by atoms with van der Waals surface area (Å²) in [4.78, 5) is 4.52. The van der Waals surface area contributed by atoms with Crippen molar-refractivity contribution in [1.29, 1.82) is 0 Å². The molecule has 100 valence electrons. The van der Waals surface area contributed by atoms with Crippen molar-refractivity contribution < 1.29 is 0 Å². The number of aryl methyl sites for hydroxylation is 2. The molecule has 1 heterocycles. The monoisotopic (exact) mass is 254 g/mol. The van der Waals surface area contributed by atoms with E-state index in [-0.39, 0.29) is 0 Å². The summed E-state index contributed by atoms with van der Waals surface area (Å²) in [6, 6.07) is 15.1. The first-order chi connectivity index (χ1) is 9.08. The lowest BCUT2D eigenvalue weighted by atomic mass is 9.95. The minimum atomic E-state index is 0.310. The highest BCUT2D eigenvalue weighted by Gasteiger charge is 2.16. The molecule has 0 bridgehead atoms. The standard InChI is InChI=1S/C17H22N2/c1-12(2)17(15-8-6-5-7-9-15)19-16-11-10-13(3)18-14(16)4/h5-12,17,19H,1-4H3. The Labute approximate surface area is 115 Å². The van der Waals surface area contributed by atoms with Gasteiger partial charge in [-0.3, -0.25) is 4.98 Å². The van der Waals surface area contributed by atoms with Crippen LogP contribution in [0.2, 0.25) is 0 Å². The molecule has 1 atom stereocenters. The maximum absolute atomic E-state index is 4.52. The topological polar surface area (TPSA) is 24.9 Å². The van der Waals surface area contributed by atoms with E-state index in [0.717, 1.165) is 17.1 Å². The second-order valence-corrected chi connectivity index (χ2v) is 5.36. The summed E-state index contributed by atoms with van der Waals surface area (Å²) in [5.41, 5.74) is 4.55. The van der Waals surface area contributed by atoms with Crippen LogP contribution in [0.15, 0.2) is 42.5 Å². The molecule has 0 saturated carbocycles. The molecule has 1 aromatic carbocycles. The minimum Gasteiger partial charge on any atom is -0.377 e. The van der Waals surface area contributed by atoms with Gasteiger partial charge in [-0.2, -0.15) is 0 Å². The molecule has 2 nitrogen and oxygen atoms in total. The van der Waals surface area contributed by atoms with Gasteiger partial charge in [0.25, 0.3) is 0 Å². The third-order valence-electron chi connectivity index (χ3n) is 3.36. The van der Waals surface area contributed by atoms with Gasteiger partial charge in [0.05, 0.1) is 17.4 Å². The maximum atomic E-state index is 4.52. The van der Waals surface area contributed by atoms with Crippen molar-refractivity contribution in [3.63, 3.8) is 0 Å². The second kappa shape index (κ2) is 5.87. The van der Waals surface area contributed by atoms with Crippen LogP contribution in [0.5, 0.6) is 0 Å². The highest BCUT2D eigenvalue weighted by molar-refractivity contribution is 5.49. The summed E-state index contributed by atoms with van der Waals surface area (Å²) in [7, 11) is 0. The van der Waals surface area contributed by atoms with Gasteiger partial charge in [-0.05, 0) is 37.5 Å². The number of benzene rings is 1. The molecule has 0 fully saturated rings. The predicted octanol–water partition coefficient (Wildman–Crippen LogP) is 4.51. The zero-order valence-corrected chi connectivity index (χ0v) is 12.1. The molecule has 0 aliphatic heterocycles. The molecule has 0 aliphatic carbocycles. The lowest BCUT2D eigenvalue weighted by molar-refractivity contribution is 0.546. The molecule has 0 saturated heterocycles. The van der Waals surface area contributed by atoms with Crippen LogP contribution in [0.3, 0.4) is 0 Å². The smallest absolute Gasteiger partial charge is 0.0607 e. The zero-order chi connectivity index (χ0) is 13.8. The number of hydrogen-bond acceptors (Lipinski definition) is 2. The van der Waals surface area contributed by atoms with Gasteiger partial charge in [-0.15, -0.1) is 0 Å². The number of nitrogens with zero attached hydrogens (tertiary/aromatic N) is 1. The summed E-state index contributed by atoms with van der Waals surface area (Å²) in [6.07, 6.45) is 0. The quantitative estimate of drug-likeness (QED) is 0.868. The average Bonchev–Trinajstić information content (AvgIpc) is 2.38. The van der Waals surface area contributed by atoms with E-state index in [2.05, 4.69) is 73.5 Å². The van der Waals surface area contributed by atoms with Crippen molar-refractivity contribution in [1.82, 2.24) is 4.98 Å². The number of nitrogens with one attached hydrogen (secondary N) is 1. The summed E-state index contributed by atoms with van der Waals surface area (Å²) >= 11 is 0. The van der Waals surface area contributed by atoms with Crippen molar-refractivity contribution in [3.05, 3.63) is 59.4 Å². The van der Waals surface area contributed by atoms with E-state index in [1.165, 1.54) is 5.56 Å². The van der Waals surface area contributed by atoms with E-state index >= 15 is 0 Å². The third kappa shape index (κ3) is 3.34. The number of hydrogen-bond donors (Lipinski definition) is 1. The van der Waals surface area contributed by atoms with Crippen LogP contribution in [-0.2, 0) is 0 Å². The van der Waals surface area contributed by atoms with Crippen molar-refractivity contribution in [3.8, 4) is 0 Å². The molecule has 0 radical (unpaired) electrons. The fourth-order valence-electron chi connectivity index (χ4n) is 2.30. The van der Waals surface area contributed by atoms with E-state index in [9.17, 15) is 0 Å². The fourth-order valence-corrected chi connectivity index (χ4v) is 2.30. The molecule has 0 spiro atoms. The first-order valence-corrected chi connectivity index (χ1v) is 6.83. The highest BCUT2D eigenvalue weighted by Crippen LogP contribution is 2.27. The van der Waals surface area contributed by atoms with Crippen LogP contribution < -0.4 is 5.32 Å².